The fraction of sp³-hybridized carbons (Fsp3) is 0.350. The predicted molar refractivity (Wildman–Crippen MR) is 278 cm³/mol. The van der Waals surface area contributed by atoms with Crippen molar-refractivity contribution in [2.45, 2.75) is 109 Å². The van der Waals surface area contributed by atoms with Crippen LogP contribution in [0.1, 0.15) is 116 Å². The van der Waals surface area contributed by atoms with Crippen molar-refractivity contribution >= 4 is 40.8 Å². The summed E-state index contributed by atoms with van der Waals surface area (Å²) in [4.78, 5) is 40.1. The first-order valence-electron chi connectivity index (χ1n) is 25.4. The zero-order valence-corrected chi connectivity index (χ0v) is 40.6. The van der Waals surface area contributed by atoms with Gasteiger partial charge in [0.05, 0.1) is 11.3 Å². The van der Waals surface area contributed by atoms with Crippen molar-refractivity contribution in [3.05, 3.63) is 167 Å². The smallest absolute Gasteiger partial charge is 0.418 e. The molecule has 2 aliphatic carbocycles. The lowest BCUT2D eigenvalue weighted by atomic mass is 9.77. The first-order chi connectivity index (χ1) is 34.3. The molecule has 6 aromatic rings. The number of carboxylic acid groups (broad SMARTS) is 1. The number of nitrogens with zero attached hydrogens (tertiary/aromatic N) is 2. The Bertz CT molecular complexity index is 2830. The quantitative estimate of drug-likeness (QED) is 0.134. The number of urea groups is 2. The van der Waals surface area contributed by atoms with E-state index in [0.29, 0.717) is 24.6 Å². The molecule has 0 spiro atoms. The molecule has 0 unspecified atom stereocenters. The van der Waals surface area contributed by atoms with E-state index in [1.807, 2.05) is 54.3 Å². The Morgan fingerprint density at radius 1 is 0.577 bits per heavy atom. The molecule has 3 N–H and O–H groups in total. The van der Waals surface area contributed by atoms with E-state index in [2.05, 4.69) is 84.3 Å². The van der Waals surface area contributed by atoms with E-state index < -0.39 is 23.7 Å². The lowest BCUT2D eigenvalue weighted by Gasteiger charge is -2.28. The van der Waals surface area contributed by atoms with Gasteiger partial charge in [-0.1, -0.05) is 104 Å². The van der Waals surface area contributed by atoms with Gasteiger partial charge in [-0.2, -0.15) is 13.2 Å². The van der Waals surface area contributed by atoms with Crippen molar-refractivity contribution in [2.24, 2.45) is 11.8 Å². The molecule has 2 aliphatic heterocycles. The number of amides is 4. The minimum atomic E-state index is -4.56. The molecule has 71 heavy (non-hydrogen) atoms. The second-order valence-corrected chi connectivity index (χ2v) is 19.9. The Morgan fingerprint density at radius 2 is 1.04 bits per heavy atom. The van der Waals surface area contributed by atoms with E-state index >= 15 is 0 Å². The number of hydrogen-bond acceptors (Lipinski definition) is 3. The zero-order chi connectivity index (χ0) is 49.6. The number of aliphatic carboxylic acids is 1. The normalized spacial score (nSPS) is 19.5. The summed E-state index contributed by atoms with van der Waals surface area (Å²) in [5, 5.41) is 14.5. The van der Waals surface area contributed by atoms with Crippen LogP contribution in [0, 0.1) is 18.8 Å². The molecule has 0 atom stereocenters. The maximum atomic E-state index is 13.3. The SMILES string of the molecule is CCC1CCC(c2ccc(-c3ccc4c(c3)CCN4C(=O)Nc3ccc(C)cc3)cc2)CC1.O=C(O)CC1CCC(c2ccc(-c3ccc4c(c3)CCN4C(=O)Nc3ccccc3C(F)(F)F)cc2)CC1. The highest BCUT2D eigenvalue weighted by Gasteiger charge is 2.35. The Labute approximate surface area is 415 Å². The van der Waals surface area contributed by atoms with Gasteiger partial charge in [0.15, 0.2) is 0 Å². The average Bonchev–Trinajstić information content (AvgIpc) is 4.02. The molecule has 0 bridgehead atoms. The number of nitrogens with one attached hydrogen (secondary N) is 2. The van der Waals surface area contributed by atoms with Crippen LogP contribution in [-0.2, 0) is 23.8 Å². The highest BCUT2D eigenvalue weighted by molar-refractivity contribution is 6.04. The number of fused-ring (bicyclic) bond motifs is 2. The predicted octanol–water partition coefficient (Wildman–Crippen LogP) is 15.7. The number of halogens is 3. The van der Waals surface area contributed by atoms with Crippen LogP contribution in [-0.4, -0.2) is 36.2 Å². The third-order valence-electron chi connectivity index (χ3n) is 15.4. The van der Waals surface area contributed by atoms with Crippen molar-refractivity contribution in [2.75, 3.05) is 33.5 Å². The van der Waals surface area contributed by atoms with Crippen LogP contribution in [0.25, 0.3) is 22.3 Å². The van der Waals surface area contributed by atoms with Crippen molar-refractivity contribution in [3.63, 3.8) is 0 Å². The lowest BCUT2D eigenvalue weighted by molar-refractivity contribution is -0.138. The van der Waals surface area contributed by atoms with Gasteiger partial charge in [-0.15, -0.1) is 0 Å². The van der Waals surface area contributed by atoms with E-state index in [4.69, 9.17) is 5.11 Å². The molecule has 0 saturated heterocycles. The summed E-state index contributed by atoms with van der Waals surface area (Å²) in [7, 11) is 0. The number of anilines is 4. The molecule has 8 nitrogen and oxygen atoms in total. The maximum Gasteiger partial charge on any atom is 0.418 e. The lowest BCUT2D eigenvalue weighted by Crippen LogP contribution is -2.34. The van der Waals surface area contributed by atoms with Crippen LogP contribution < -0.4 is 20.4 Å². The number of carboxylic acids is 1. The van der Waals surface area contributed by atoms with Crippen LogP contribution in [0.15, 0.2) is 133 Å². The Hall–Kier alpha value is -6.88. The number of alkyl halides is 3. The molecule has 4 aliphatic rings. The van der Waals surface area contributed by atoms with Crippen LogP contribution >= 0.6 is 0 Å². The van der Waals surface area contributed by atoms with Gasteiger partial charge in [0.25, 0.3) is 0 Å². The van der Waals surface area contributed by atoms with E-state index in [-0.39, 0.29) is 24.1 Å². The topological polar surface area (TPSA) is 102 Å². The van der Waals surface area contributed by atoms with Crippen LogP contribution in [0.3, 0.4) is 0 Å². The Kier molecular flexibility index (Phi) is 15.0. The number of carbonyl (C=O) groups excluding carboxylic acids is 2. The molecule has 0 radical (unpaired) electrons. The first kappa shape index (κ1) is 49.1. The largest absolute Gasteiger partial charge is 0.481 e. The molecule has 368 valence electrons. The minimum Gasteiger partial charge on any atom is -0.481 e. The van der Waals surface area contributed by atoms with Crippen LogP contribution in [0.5, 0.6) is 0 Å². The van der Waals surface area contributed by atoms with Crippen LogP contribution in [0.2, 0.25) is 0 Å². The van der Waals surface area contributed by atoms with Gasteiger partial charge in [0.2, 0.25) is 0 Å². The van der Waals surface area contributed by atoms with Gasteiger partial charge in [-0.3, -0.25) is 14.6 Å². The van der Waals surface area contributed by atoms with Gasteiger partial charge in [-0.25, -0.2) is 9.59 Å². The van der Waals surface area contributed by atoms with Gasteiger partial charge < -0.3 is 15.7 Å². The van der Waals surface area contributed by atoms with Gasteiger partial charge in [-0.05, 0) is 188 Å². The molecular weight excluding hydrogens is 898 g/mol. The molecule has 2 saturated carbocycles. The first-order valence-corrected chi connectivity index (χ1v) is 25.4. The zero-order valence-electron chi connectivity index (χ0n) is 40.6. The number of carbonyl (C=O) groups is 3. The van der Waals surface area contributed by atoms with E-state index in [9.17, 15) is 27.6 Å². The van der Waals surface area contributed by atoms with Crippen LogP contribution in [0.4, 0.5) is 45.5 Å². The average molecular weight is 961 g/mol. The number of para-hydroxylation sites is 1. The summed E-state index contributed by atoms with van der Waals surface area (Å²) in [6.45, 7) is 5.48. The van der Waals surface area contributed by atoms with Crippen molar-refractivity contribution in [3.8, 4) is 22.3 Å². The summed E-state index contributed by atoms with van der Waals surface area (Å²) in [5.41, 5.74) is 12.1. The summed E-state index contributed by atoms with van der Waals surface area (Å²) in [6.07, 6.45) is 7.83. The molecule has 10 rings (SSSR count). The fourth-order valence-electron chi connectivity index (χ4n) is 11.2. The van der Waals surface area contributed by atoms with Crippen molar-refractivity contribution in [1.82, 2.24) is 0 Å². The molecule has 11 heteroatoms. The molecular formula is C60H63F3N4O4. The Balaban J connectivity index is 0.000000177. The monoisotopic (exact) mass is 960 g/mol. The third-order valence-corrected chi connectivity index (χ3v) is 15.4. The second kappa shape index (κ2) is 21.6. The summed E-state index contributed by atoms with van der Waals surface area (Å²) in [6, 6.07) is 42.3. The number of rotatable bonds is 9. The maximum absolute atomic E-state index is 13.3. The highest BCUT2D eigenvalue weighted by Crippen LogP contribution is 2.41. The van der Waals surface area contributed by atoms with Gasteiger partial charge in [0.1, 0.15) is 0 Å². The standard InChI is InChI=1S/C30H29F3N2O3.C30H34N2O/c31-30(32,33)25-3-1-2-4-26(25)34-29(38)35-16-15-24-18-23(13-14-27(24)35)22-11-9-21(10-12-22)20-7-5-19(6-8-20)17-28(36)37;1-3-22-6-8-23(9-7-22)24-10-12-25(13-11-24)26-14-17-29-27(20-26)18-19-32(29)30(33)31-28-15-4-21(2)5-16-28/h1-4,9-14,18-20H,5-8,15-17H2,(H,34,38)(H,36,37);4-5,10-17,20,22-23H,3,6-9,18-19H2,1-2H3,(H,31,33). The van der Waals surface area contributed by atoms with E-state index in [1.165, 1.54) is 88.6 Å². The van der Waals surface area contributed by atoms with Crippen molar-refractivity contribution < 1.29 is 32.7 Å². The number of benzene rings is 6. The summed E-state index contributed by atoms with van der Waals surface area (Å²) >= 11 is 0. The minimum absolute atomic E-state index is 0.0625. The fourth-order valence-corrected chi connectivity index (χ4v) is 11.2. The summed E-state index contributed by atoms with van der Waals surface area (Å²) in [5.74, 6) is 1.66. The number of aryl methyl sites for hydroxylation is 1. The molecule has 0 aromatic heterocycles. The molecule has 6 aromatic carbocycles. The van der Waals surface area contributed by atoms with E-state index in [0.717, 1.165) is 84.6 Å². The van der Waals surface area contributed by atoms with Gasteiger partial charge >= 0.3 is 24.2 Å². The molecule has 4 amide bonds. The molecule has 2 heterocycles. The third kappa shape index (κ3) is 11.7. The highest BCUT2D eigenvalue weighted by atomic mass is 19.4. The summed E-state index contributed by atoms with van der Waals surface area (Å²) < 4.78 is 40.0. The van der Waals surface area contributed by atoms with Gasteiger partial charge in [0, 0.05) is 36.6 Å². The van der Waals surface area contributed by atoms with Crippen molar-refractivity contribution in [1.29, 1.82) is 0 Å². The Morgan fingerprint density at radius 3 is 1.52 bits per heavy atom. The molecule has 2 fully saturated rings. The number of hydrogen-bond donors (Lipinski definition) is 3. The van der Waals surface area contributed by atoms with E-state index in [1.54, 1.807) is 0 Å². The second-order valence-electron chi connectivity index (χ2n) is 19.9.